The van der Waals surface area contributed by atoms with Gasteiger partial charge < -0.3 is 0 Å². The highest BCUT2D eigenvalue weighted by Gasteiger charge is 2.11. The van der Waals surface area contributed by atoms with Gasteiger partial charge in [-0.1, -0.05) is 78.9 Å². The molecule has 128 valence electrons. The molecule has 0 atom stereocenters. The molecule has 1 heterocycles. The Bertz CT molecular complexity index is 985. The lowest BCUT2D eigenvalue weighted by atomic mass is 10.2. The predicted molar refractivity (Wildman–Crippen MR) is 114 cm³/mol. The highest BCUT2D eigenvalue weighted by atomic mass is 32.2. The van der Waals surface area contributed by atoms with E-state index in [0.29, 0.717) is 0 Å². The number of fused-ring (bicyclic) bond motifs is 1. The van der Waals surface area contributed by atoms with Crippen LogP contribution in [0.5, 0.6) is 0 Å². The van der Waals surface area contributed by atoms with E-state index < -0.39 is 0 Å². The van der Waals surface area contributed by atoms with Gasteiger partial charge in [-0.25, -0.2) is 0 Å². The van der Waals surface area contributed by atoms with E-state index in [1.165, 1.54) is 26.3 Å². The largest absolute Gasteiger partial charge is 0.255 e. The molecule has 0 fully saturated rings. The van der Waals surface area contributed by atoms with Crippen molar-refractivity contribution in [2.45, 2.75) is 21.3 Å². The molecule has 0 unspecified atom stereocenters. The number of nitrogens with zero attached hydrogens (tertiary/aromatic N) is 1. The number of aromatic nitrogens is 1. The maximum atomic E-state index is 4.67. The molecule has 26 heavy (non-hydrogen) atoms. The van der Waals surface area contributed by atoms with Crippen molar-refractivity contribution in [3.63, 3.8) is 0 Å². The molecule has 3 aromatic carbocycles. The molecule has 0 aliphatic heterocycles. The van der Waals surface area contributed by atoms with Crippen molar-refractivity contribution >= 4 is 34.4 Å². The Morgan fingerprint density at radius 3 is 1.88 bits per heavy atom. The molecule has 3 heteroatoms. The number of rotatable bonds is 6. The fourth-order valence-corrected chi connectivity index (χ4v) is 5.08. The lowest BCUT2D eigenvalue weighted by molar-refractivity contribution is 1.19. The lowest BCUT2D eigenvalue weighted by Crippen LogP contribution is -1.89. The summed E-state index contributed by atoms with van der Waals surface area (Å²) in [7, 11) is 0. The van der Waals surface area contributed by atoms with E-state index >= 15 is 0 Å². The topological polar surface area (TPSA) is 12.9 Å². The summed E-state index contributed by atoms with van der Waals surface area (Å²) < 4.78 is 0. The molecule has 1 aromatic heterocycles. The Morgan fingerprint density at radius 2 is 1.19 bits per heavy atom. The molecule has 0 aliphatic rings. The zero-order valence-corrected chi connectivity index (χ0v) is 16.0. The monoisotopic (exact) mass is 373 g/mol. The van der Waals surface area contributed by atoms with Crippen LogP contribution in [0.3, 0.4) is 0 Å². The number of hydrogen-bond acceptors (Lipinski definition) is 3. The first-order valence-corrected chi connectivity index (χ1v) is 10.6. The van der Waals surface area contributed by atoms with Gasteiger partial charge in [0, 0.05) is 32.9 Å². The van der Waals surface area contributed by atoms with Crippen molar-refractivity contribution in [2.75, 3.05) is 0 Å². The molecule has 0 saturated heterocycles. The summed E-state index contributed by atoms with van der Waals surface area (Å²) in [6.07, 6.45) is 2.03. The molecule has 0 aliphatic carbocycles. The third kappa shape index (κ3) is 4.12. The van der Waals surface area contributed by atoms with E-state index in [-0.39, 0.29) is 0 Å². The molecule has 0 saturated carbocycles. The molecular weight excluding hydrogens is 354 g/mol. The minimum absolute atomic E-state index is 0.958. The summed E-state index contributed by atoms with van der Waals surface area (Å²) in [6, 6.07) is 29.7. The van der Waals surface area contributed by atoms with E-state index in [4.69, 9.17) is 0 Å². The summed E-state index contributed by atoms with van der Waals surface area (Å²) in [5.41, 5.74) is 3.74. The summed E-state index contributed by atoms with van der Waals surface area (Å²) >= 11 is 3.77. The summed E-state index contributed by atoms with van der Waals surface area (Å²) in [5, 5.41) is 1.24. The van der Waals surface area contributed by atoms with Crippen molar-refractivity contribution in [3.05, 3.63) is 102 Å². The fraction of sp³-hybridized carbons (Fsp3) is 0.0870. The Morgan fingerprint density at radius 1 is 0.615 bits per heavy atom. The van der Waals surface area contributed by atoms with Crippen LogP contribution < -0.4 is 0 Å². The first kappa shape index (κ1) is 17.2. The summed E-state index contributed by atoms with van der Waals surface area (Å²) in [6.45, 7) is 0. The zero-order chi connectivity index (χ0) is 17.6. The molecule has 0 bridgehead atoms. The van der Waals surface area contributed by atoms with Crippen LogP contribution in [0, 0.1) is 0 Å². The van der Waals surface area contributed by atoms with E-state index in [2.05, 4.69) is 89.9 Å². The lowest BCUT2D eigenvalue weighted by Gasteiger charge is -2.12. The van der Waals surface area contributed by atoms with Crippen LogP contribution in [0.4, 0.5) is 0 Å². The Labute approximate surface area is 162 Å². The third-order valence-electron chi connectivity index (χ3n) is 4.16. The average Bonchev–Trinajstić information content (AvgIpc) is 2.72. The van der Waals surface area contributed by atoms with E-state index in [0.717, 1.165) is 17.0 Å². The smallest absolute Gasteiger partial charge is 0.0714 e. The second-order valence-electron chi connectivity index (χ2n) is 6.02. The Balaban J connectivity index is 1.63. The van der Waals surface area contributed by atoms with Gasteiger partial charge in [-0.05, 0) is 17.2 Å². The summed E-state index contributed by atoms with van der Waals surface area (Å²) in [5.74, 6) is 1.92. The van der Waals surface area contributed by atoms with Gasteiger partial charge in [0.15, 0.2) is 0 Å². The molecule has 0 spiro atoms. The van der Waals surface area contributed by atoms with E-state index in [1.807, 2.05) is 29.7 Å². The van der Waals surface area contributed by atoms with Crippen molar-refractivity contribution < 1.29 is 0 Å². The van der Waals surface area contributed by atoms with Crippen LogP contribution in [-0.2, 0) is 11.5 Å². The van der Waals surface area contributed by atoms with Crippen molar-refractivity contribution in [1.29, 1.82) is 0 Å². The molecule has 4 rings (SSSR count). The van der Waals surface area contributed by atoms with E-state index in [1.54, 1.807) is 0 Å². The first-order valence-electron chi connectivity index (χ1n) is 8.61. The molecule has 0 radical (unpaired) electrons. The predicted octanol–water partition coefficient (Wildman–Crippen LogP) is 6.82. The Hall–Kier alpha value is -2.23. The number of para-hydroxylation sites is 1. The quantitative estimate of drug-likeness (QED) is 0.344. The molecule has 0 amide bonds. The second kappa shape index (κ2) is 8.43. The van der Waals surface area contributed by atoms with Gasteiger partial charge in [-0.2, -0.15) is 0 Å². The third-order valence-corrected chi connectivity index (χ3v) is 6.59. The number of thioether (sulfide) groups is 2. The maximum absolute atomic E-state index is 4.67. The molecule has 4 aromatic rings. The zero-order valence-electron chi connectivity index (χ0n) is 14.3. The van der Waals surface area contributed by atoms with Crippen molar-refractivity contribution in [1.82, 2.24) is 4.98 Å². The van der Waals surface area contributed by atoms with Crippen LogP contribution in [-0.4, -0.2) is 4.98 Å². The molecule has 1 nitrogen and oxygen atoms in total. The SMILES string of the molecule is c1ccc(CSc2cnc3ccccc3c2SCc2ccccc2)cc1. The van der Waals surface area contributed by atoms with Crippen molar-refractivity contribution in [3.8, 4) is 0 Å². The van der Waals surface area contributed by atoms with Gasteiger partial charge in [0.05, 0.1) is 5.52 Å². The van der Waals surface area contributed by atoms with Gasteiger partial charge >= 0.3 is 0 Å². The fourth-order valence-electron chi connectivity index (χ4n) is 2.81. The maximum Gasteiger partial charge on any atom is 0.0714 e. The number of pyridine rings is 1. The number of hydrogen-bond donors (Lipinski definition) is 0. The van der Waals surface area contributed by atoms with Gasteiger partial charge in [0.2, 0.25) is 0 Å². The highest BCUT2D eigenvalue weighted by molar-refractivity contribution is 8.01. The molecular formula is C23H19NS2. The second-order valence-corrected chi connectivity index (χ2v) is 8.02. The van der Waals surface area contributed by atoms with Crippen LogP contribution in [0.2, 0.25) is 0 Å². The minimum Gasteiger partial charge on any atom is -0.255 e. The van der Waals surface area contributed by atoms with E-state index in [9.17, 15) is 0 Å². The van der Waals surface area contributed by atoms with Crippen LogP contribution in [0.1, 0.15) is 11.1 Å². The van der Waals surface area contributed by atoms with Crippen molar-refractivity contribution in [2.24, 2.45) is 0 Å². The molecule has 0 N–H and O–H groups in total. The first-order chi connectivity index (χ1) is 12.9. The minimum atomic E-state index is 0.958. The van der Waals surface area contributed by atoms with Gasteiger partial charge in [0.25, 0.3) is 0 Å². The van der Waals surface area contributed by atoms with Gasteiger partial charge in [-0.15, -0.1) is 23.5 Å². The number of benzene rings is 3. The average molecular weight is 374 g/mol. The van der Waals surface area contributed by atoms with Gasteiger partial charge in [0.1, 0.15) is 0 Å². The standard InChI is InChI=1S/C23H19NS2/c1-3-9-18(10-4-1)16-25-22-15-24-21-14-8-7-13-20(21)23(22)26-17-19-11-5-2-6-12-19/h1-15H,16-17H2. The van der Waals surface area contributed by atoms with Crippen LogP contribution in [0.25, 0.3) is 10.9 Å². The Kier molecular flexibility index (Phi) is 5.58. The van der Waals surface area contributed by atoms with Gasteiger partial charge in [-0.3, -0.25) is 4.98 Å². The van der Waals surface area contributed by atoms with Crippen LogP contribution in [0.15, 0.2) is 101 Å². The highest BCUT2D eigenvalue weighted by Crippen LogP contribution is 2.38. The normalized spacial score (nSPS) is 10.9. The van der Waals surface area contributed by atoms with Crippen LogP contribution >= 0.6 is 23.5 Å². The summed E-state index contributed by atoms with van der Waals surface area (Å²) in [4.78, 5) is 7.27.